The lowest BCUT2D eigenvalue weighted by molar-refractivity contribution is 0.326. The maximum Gasteiger partial charge on any atom is 0.161 e. The molecule has 0 bridgehead atoms. The summed E-state index contributed by atoms with van der Waals surface area (Å²) in [5.74, 6) is 1.50. The number of rotatable bonds is 8. The molecule has 1 N–H and O–H groups in total. The molecule has 1 aromatic carbocycles. The van der Waals surface area contributed by atoms with Gasteiger partial charge in [0.2, 0.25) is 0 Å². The molecule has 1 aromatic rings. The van der Waals surface area contributed by atoms with Gasteiger partial charge >= 0.3 is 0 Å². The van der Waals surface area contributed by atoms with Crippen LogP contribution in [0.5, 0.6) is 11.5 Å². The molecule has 1 saturated carbocycles. The van der Waals surface area contributed by atoms with Crippen molar-refractivity contribution in [1.29, 1.82) is 0 Å². The van der Waals surface area contributed by atoms with Gasteiger partial charge < -0.3 is 14.8 Å². The molecule has 1 aliphatic rings. The fourth-order valence-corrected chi connectivity index (χ4v) is 1.97. The Balaban J connectivity index is 2.03. The Morgan fingerprint density at radius 2 is 2.20 bits per heavy atom. The average Bonchev–Trinajstić information content (AvgIpc) is 3.27. The van der Waals surface area contributed by atoms with Crippen molar-refractivity contribution < 1.29 is 9.47 Å². The highest BCUT2D eigenvalue weighted by atomic mass is 16.5. The van der Waals surface area contributed by atoms with Crippen molar-refractivity contribution in [3.8, 4) is 11.5 Å². The lowest BCUT2D eigenvalue weighted by Gasteiger charge is -2.10. The van der Waals surface area contributed by atoms with Gasteiger partial charge in [-0.3, -0.25) is 0 Å². The standard InChI is InChI=1S/C17H23NO2/c1-4-9-20-16-8-5-14(11-17(16)19-3)10-13(2)12-18-15-6-7-15/h4-5,8,10-11,15,18H,1,6-7,9,12H2,2-3H3. The van der Waals surface area contributed by atoms with E-state index in [1.54, 1.807) is 13.2 Å². The molecule has 0 atom stereocenters. The van der Waals surface area contributed by atoms with Gasteiger partial charge in [0, 0.05) is 12.6 Å². The van der Waals surface area contributed by atoms with E-state index in [4.69, 9.17) is 9.47 Å². The first-order valence-electron chi connectivity index (χ1n) is 7.05. The Kier molecular flexibility index (Phi) is 5.24. The predicted octanol–water partition coefficient (Wildman–Crippen LogP) is 3.42. The largest absolute Gasteiger partial charge is 0.493 e. The number of nitrogens with one attached hydrogen (secondary N) is 1. The van der Waals surface area contributed by atoms with Gasteiger partial charge in [0.25, 0.3) is 0 Å². The minimum Gasteiger partial charge on any atom is -0.493 e. The fraction of sp³-hybridized carbons (Fsp3) is 0.412. The maximum atomic E-state index is 5.55. The summed E-state index contributed by atoms with van der Waals surface area (Å²) < 4.78 is 10.9. The molecule has 20 heavy (non-hydrogen) atoms. The molecule has 0 unspecified atom stereocenters. The van der Waals surface area contributed by atoms with Gasteiger partial charge in [0.15, 0.2) is 11.5 Å². The second kappa shape index (κ2) is 7.15. The molecule has 0 aromatic heterocycles. The van der Waals surface area contributed by atoms with E-state index in [0.29, 0.717) is 6.61 Å². The van der Waals surface area contributed by atoms with E-state index in [1.807, 2.05) is 18.2 Å². The molecule has 0 heterocycles. The predicted molar refractivity (Wildman–Crippen MR) is 83.4 cm³/mol. The van der Waals surface area contributed by atoms with E-state index in [-0.39, 0.29) is 0 Å². The van der Waals surface area contributed by atoms with E-state index in [0.717, 1.165) is 29.6 Å². The smallest absolute Gasteiger partial charge is 0.161 e. The fourth-order valence-electron chi connectivity index (χ4n) is 1.97. The molecule has 3 heteroatoms. The molecule has 0 spiro atoms. The summed E-state index contributed by atoms with van der Waals surface area (Å²) in [6, 6.07) is 6.72. The number of methoxy groups -OCH3 is 1. The van der Waals surface area contributed by atoms with Gasteiger partial charge in [-0.25, -0.2) is 0 Å². The van der Waals surface area contributed by atoms with Gasteiger partial charge in [0.1, 0.15) is 6.61 Å². The van der Waals surface area contributed by atoms with Crippen LogP contribution < -0.4 is 14.8 Å². The topological polar surface area (TPSA) is 30.5 Å². The van der Waals surface area contributed by atoms with Crippen LogP contribution in [-0.4, -0.2) is 26.3 Å². The Bertz CT molecular complexity index is 490. The first kappa shape index (κ1) is 14.7. The molecule has 3 nitrogen and oxygen atoms in total. The Hall–Kier alpha value is -1.74. The Labute approximate surface area is 121 Å². The quantitative estimate of drug-likeness (QED) is 0.736. The van der Waals surface area contributed by atoms with Crippen LogP contribution in [0.4, 0.5) is 0 Å². The Morgan fingerprint density at radius 3 is 2.85 bits per heavy atom. The zero-order valence-electron chi connectivity index (χ0n) is 12.3. The van der Waals surface area contributed by atoms with Crippen molar-refractivity contribution >= 4 is 6.08 Å². The average molecular weight is 273 g/mol. The zero-order valence-corrected chi connectivity index (χ0v) is 12.3. The number of ether oxygens (including phenoxy) is 2. The van der Waals surface area contributed by atoms with Gasteiger partial charge in [-0.15, -0.1) is 0 Å². The van der Waals surface area contributed by atoms with Crippen molar-refractivity contribution in [3.63, 3.8) is 0 Å². The third-order valence-electron chi connectivity index (χ3n) is 3.20. The van der Waals surface area contributed by atoms with Crippen LogP contribution in [0.25, 0.3) is 6.08 Å². The van der Waals surface area contributed by atoms with Crippen LogP contribution in [-0.2, 0) is 0 Å². The van der Waals surface area contributed by atoms with Crippen LogP contribution >= 0.6 is 0 Å². The van der Waals surface area contributed by atoms with E-state index < -0.39 is 0 Å². The third kappa shape index (κ3) is 4.42. The molecule has 1 aliphatic carbocycles. The summed E-state index contributed by atoms with van der Waals surface area (Å²) in [4.78, 5) is 0. The van der Waals surface area contributed by atoms with E-state index >= 15 is 0 Å². The van der Waals surface area contributed by atoms with Gasteiger partial charge in [-0.1, -0.05) is 30.4 Å². The Morgan fingerprint density at radius 1 is 1.40 bits per heavy atom. The summed E-state index contributed by atoms with van der Waals surface area (Å²) in [5.41, 5.74) is 2.45. The zero-order chi connectivity index (χ0) is 14.4. The van der Waals surface area contributed by atoms with Gasteiger partial charge in [-0.05, 0) is 37.5 Å². The number of benzene rings is 1. The minimum atomic E-state index is 0.482. The molecule has 0 aliphatic heterocycles. The highest BCUT2D eigenvalue weighted by Crippen LogP contribution is 2.29. The second-order valence-electron chi connectivity index (χ2n) is 5.16. The van der Waals surface area contributed by atoms with Crippen molar-refractivity contribution in [1.82, 2.24) is 5.32 Å². The summed E-state index contributed by atoms with van der Waals surface area (Å²) >= 11 is 0. The van der Waals surface area contributed by atoms with Crippen LogP contribution in [0.2, 0.25) is 0 Å². The lowest BCUT2D eigenvalue weighted by atomic mass is 10.1. The molecular weight excluding hydrogens is 250 g/mol. The van der Waals surface area contributed by atoms with Crippen molar-refractivity contribution in [3.05, 3.63) is 42.0 Å². The van der Waals surface area contributed by atoms with Gasteiger partial charge in [0.05, 0.1) is 7.11 Å². The maximum absolute atomic E-state index is 5.55. The summed E-state index contributed by atoms with van der Waals surface area (Å²) in [6.45, 7) is 7.22. The molecule has 2 rings (SSSR count). The normalized spacial score (nSPS) is 15.0. The SMILES string of the molecule is C=CCOc1ccc(C=C(C)CNC2CC2)cc1OC. The molecule has 108 valence electrons. The molecule has 0 saturated heterocycles. The minimum absolute atomic E-state index is 0.482. The lowest BCUT2D eigenvalue weighted by Crippen LogP contribution is -2.18. The number of hydrogen-bond acceptors (Lipinski definition) is 3. The van der Waals surface area contributed by atoms with Crippen LogP contribution in [0, 0.1) is 0 Å². The van der Waals surface area contributed by atoms with Crippen molar-refractivity contribution in [2.75, 3.05) is 20.3 Å². The van der Waals surface area contributed by atoms with E-state index in [1.165, 1.54) is 18.4 Å². The highest BCUT2D eigenvalue weighted by Gasteiger charge is 2.19. The van der Waals surface area contributed by atoms with Crippen LogP contribution in [0.15, 0.2) is 36.4 Å². The first-order chi connectivity index (χ1) is 9.72. The van der Waals surface area contributed by atoms with Crippen molar-refractivity contribution in [2.24, 2.45) is 0 Å². The molecule has 0 radical (unpaired) electrons. The first-order valence-corrected chi connectivity index (χ1v) is 7.05. The third-order valence-corrected chi connectivity index (χ3v) is 3.20. The van der Waals surface area contributed by atoms with Gasteiger partial charge in [-0.2, -0.15) is 0 Å². The monoisotopic (exact) mass is 273 g/mol. The molecule has 0 amide bonds. The second-order valence-corrected chi connectivity index (χ2v) is 5.16. The van der Waals surface area contributed by atoms with Crippen LogP contribution in [0.3, 0.4) is 0 Å². The van der Waals surface area contributed by atoms with Crippen molar-refractivity contribution in [2.45, 2.75) is 25.8 Å². The highest BCUT2D eigenvalue weighted by molar-refractivity contribution is 5.58. The summed E-state index contributed by atoms with van der Waals surface area (Å²) in [6.07, 6.45) is 6.53. The van der Waals surface area contributed by atoms with E-state index in [2.05, 4.69) is 24.9 Å². The summed E-state index contributed by atoms with van der Waals surface area (Å²) in [5, 5.41) is 3.51. The number of hydrogen-bond donors (Lipinski definition) is 1. The van der Waals surface area contributed by atoms with E-state index in [9.17, 15) is 0 Å². The summed E-state index contributed by atoms with van der Waals surface area (Å²) in [7, 11) is 1.66. The molecular formula is C17H23NO2. The van der Waals surface area contributed by atoms with Crippen LogP contribution in [0.1, 0.15) is 25.3 Å². The molecule has 1 fully saturated rings.